The van der Waals surface area contributed by atoms with Crippen LogP contribution in [0, 0.1) is 13.8 Å². The number of furan rings is 1. The van der Waals surface area contributed by atoms with E-state index in [1.165, 1.54) is 4.90 Å². The number of hydrogen-bond donors (Lipinski definition) is 1. The average molecular weight is 420 g/mol. The Morgan fingerprint density at radius 3 is 2.74 bits per heavy atom. The quantitative estimate of drug-likeness (QED) is 0.647. The third-order valence-electron chi connectivity index (χ3n) is 5.59. The van der Waals surface area contributed by atoms with E-state index in [0.29, 0.717) is 17.0 Å². The summed E-state index contributed by atoms with van der Waals surface area (Å²) in [4.78, 5) is 39.0. The Morgan fingerprint density at radius 2 is 1.94 bits per heavy atom. The van der Waals surface area contributed by atoms with Gasteiger partial charge in [-0.2, -0.15) is 0 Å². The van der Waals surface area contributed by atoms with E-state index in [1.54, 1.807) is 37.5 Å². The summed E-state index contributed by atoms with van der Waals surface area (Å²) in [5, 5.41) is 3.67. The predicted octanol–water partition coefficient (Wildman–Crippen LogP) is 3.90. The van der Waals surface area contributed by atoms with Gasteiger partial charge < -0.3 is 19.4 Å². The number of amides is 2. The first-order valence-corrected chi connectivity index (χ1v) is 10.2. The summed E-state index contributed by atoms with van der Waals surface area (Å²) in [5.41, 5.74) is 4.81. The van der Waals surface area contributed by atoms with Crippen molar-refractivity contribution in [3.05, 3.63) is 59.4 Å². The number of nitrogens with zero attached hydrogens (tertiary/aromatic N) is 1. The zero-order valence-corrected chi connectivity index (χ0v) is 17.7. The Morgan fingerprint density at radius 1 is 1.19 bits per heavy atom. The van der Waals surface area contributed by atoms with E-state index in [4.69, 9.17) is 9.15 Å². The summed E-state index contributed by atoms with van der Waals surface area (Å²) in [7, 11) is 0. The molecule has 1 aliphatic heterocycles. The molecule has 7 heteroatoms. The molecule has 0 aliphatic carbocycles. The van der Waals surface area contributed by atoms with Gasteiger partial charge in [0.1, 0.15) is 5.58 Å². The minimum Gasteiger partial charge on any atom is -0.464 e. The van der Waals surface area contributed by atoms with Crippen molar-refractivity contribution >= 4 is 40.1 Å². The number of fused-ring (bicyclic) bond motifs is 2. The molecule has 1 aliphatic rings. The summed E-state index contributed by atoms with van der Waals surface area (Å²) in [5.74, 6) is -1.06. The summed E-state index contributed by atoms with van der Waals surface area (Å²) >= 11 is 0. The lowest BCUT2D eigenvalue weighted by Crippen LogP contribution is -2.41. The van der Waals surface area contributed by atoms with Crippen LogP contribution in [-0.2, 0) is 25.5 Å². The van der Waals surface area contributed by atoms with E-state index in [-0.39, 0.29) is 30.7 Å². The molecule has 0 bridgehead atoms. The molecule has 160 valence electrons. The van der Waals surface area contributed by atoms with E-state index >= 15 is 0 Å². The van der Waals surface area contributed by atoms with Crippen LogP contribution in [0.25, 0.3) is 11.0 Å². The maximum atomic E-state index is 12.9. The van der Waals surface area contributed by atoms with Crippen LogP contribution in [0.5, 0.6) is 0 Å². The number of ether oxygens (including phenoxy) is 1. The van der Waals surface area contributed by atoms with Gasteiger partial charge >= 0.3 is 5.97 Å². The number of esters is 1. The lowest BCUT2D eigenvalue weighted by molar-refractivity contribution is -0.147. The Labute approximate surface area is 180 Å². The molecule has 0 saturated heterocycles. The van der Waals surface area contributed by atoms with Crippen LogP contribution in [0.3, 0.4) is 0 Å². The fraction of sp³-hybridized carbons (Fsp3) is 0.292. The first-order chi connectivity index (χ1) is 14.8. The second-order valence-electron chi connectivity index (χ2n) is 7.91. The molecule has 0 radical (unpaired) electrons. The molecule has 1 aromatic heterocycles. The third-order valence-corrected chi connectivity index (χ3v) is 5.59. The average Bonchev–Trinajstić information content (AvgIpc) is 3.02. The van der Waals surface area contributed by atoms with E-state index < -0.39 is 12.6 Å². The molecule has 3 aromatic rings. The number of rotatable bonds is 4. The molecule has 1 atom stereocenters. The highest BCUT2D eigenvalue weighted by atomic mass is 16.5. The fourth-order valence-corrected chi connectivity index (χ4v) is 3.86. The molecule has 1 unspecified atom stereocenters. The molecule has 2 amide bonds. The van der Waals surface area contributed by atoms with Crippen molar-refractivity contribution in [3.63, 3.8) is 0 Å². The van der Waals surface area contributed by atoms with Crippen LogP contribution in [0.15, 0.2) is 47.1 Å². The highest BCUT2D eigenvalue weighted by Gasteiger charge is 2.30. The van der Waals surface area contributed by atoms with E-state index in [1.807, 2.05) is 26.0 Å². The van der Waals surface area contributed by atoms with Crippen LogP contribution in [-0.4, -0.2) is 30.4 Å². The monoisotopic (exact) mass is 420 g/mol. The molecule has 31 heavy (non-hydrogen) atoms. The molecule has 4 rings (SSSR count). The van der Waals surface area contributed by atoms with Crippen molar-refractivity contribution in [2.45, 2.75) is 39.7 Å². The van der Waals surface area contributed by atoms with Gasteiger partial charge in [-0.05, 0) is 56.2 Å². The maximum absolute atomic E-state index is 12.9. The zero-order chi connectivity index (χ0) is 22.1. The Kier molecular flexibility index (Phi) is 5.50. The predicted molar refractivity (Wildman–Crippen MR) is 117 cm³/mol. The molecular weight excluding hydrogens is 396 g/mol. The molecule has 0 saturated carbocycles. The molecule has 7 nitrogen and oxygen atoms in total. The normalized spacial score (nSPS) is 15.9. The minimum absolute atomic E-state index is 0.00889. The van der Waals surface area contributed by atoms with E-state index in [0.717, 1.165) is 22.1 Å². The largest absolute Gasteiger partial charge is 0.464 e. The Hall–Kier alpha value is -3.61. The SMILES string of the molecule is Cc1cc2occ(CC(=O)OCC(=O)N3c4ccccc4NC(=O)CC3C)c2cc1C. The summed E-state index contributed by atoms with van der Waals surface area (Å²) < 4.78 is 10.8. The van der Waals surface area contributed by atoms with Crippen LogP contribution in [0.1, 0.15) is 30.0 Å². The van der Waals surface area contributed by atoms with Crippen LogP contribution in [0.4, 0.5) is 11.4 Å². The second-order valence-corrected chi connectivity index (χ2v) is 7.91. The van der Waals surface area contributed by atoms with Gasteiger partial charge in [0.15, 0.2) is 6.61 Å². The van der Waals surface area contributed by atoms with Crippen LogP contribution in [0.2, 0.25) is 0 Å². The molecule has 0 spiro atoms. The van der Waals surface area contributed by atoms with Gasteiger partial charge in [-0.3, -0.25) is 14.4 Å². The van der Waals surface area contributed by atoms with Gasteiger partial charge in [0.2, 0.25) is 5.91 Å². The number of carbonyl (C=O) groups is 3. The first kappa shape index (κ1) is 20.7. The number of para-hydroxylation sites is 2. The van der Waals surface area contributed by atoms with Crippen molar-refractivity contribution in [1.29, 1.82) is 0 Å². The van der Waals surface area contributed by atoms with Crippen LogP contribution < -0.4 is 10.2 Å². The highest BCUT2D eigenvalue weighted by molar-refractivity contribution is 6.05. The van der Waals surface area contributed by atoms with Gasteiger partial charge in [0.05, 0.1) is 24.1 Å². The number of carbonyl (C=O) groups excluding carboxylic acids is 3. The lowest BCUT2D eigenvalue weighted by atomic mass is 10.0. The third kappa shape index (κ3) is 4.17. The zero-order valence-electron chi connectivity index (χ0n) is 17.7. The van der Waals surface area contributed by atoms with Gasteiger partial charge in [0.25, 0.3) is 5.91 Å². The molecule has 0 fully saturated rings. The summed E-state index contributed by atoms with van der Waals surface area (Å²) in [6.07, 6.45) is 1.72. The van der Waals surface area contributed by atoms with Crippen molar-refractivity contribution in [3.8, 4) is 0 Å². The second kappa shape index (κ2) is 8.26. The van der Waals surface area contributed by atoms with Crippen molar-refractivity contribution < 1.29 is 23.5 Å². The molecule has 2 heterocycles. The Balaban J connectivity index is 1.46. The first-order valence-electron chi connectivity index (χ1n) is 10.2. The smallest absolute Gasteiger partial charge is 0.310 e. The van der Waals surface area contributed by atoms with Crippen molar-refractivity contribution in [2.75, 3.05) is 16.8 Å². The van der Waals surface area contributed by atoms with Gasteiger partial charge in [-0.1, -0.05) is 12.1 Å². The van der Waals surface area contributed by atoms with Gasteiger partial charge in [-0.25, -0.2) is 0 Å². The molecule has 1 N–H and O–H groups in total. The number of aryl methyl sites for hydroxylation is 2. The van der Waals surface area contributed by atoms with Crippen molar-refractivity contribution in [1.82, 2.24) is 0 Å². The van der Waals surface area contributed by atoms with Crippen LogP contribution >= 0.6 is 0 Å². The van der Waals surface area contributed by atoms with E-state index in [9.17, 15) is 14.4 Å². The minimum atomic E-state index is -0.515. The number of nitrogens with one attached hydrogen (secondary N) is 1. The fourth-order valence-electron chi connectivity index (χ4n) is 3.86. The highest BCUT2D eigenvalue weighted by Crippen LogP contribution is 2.31. The maximum Gasteiger partial charge on any atom is 0.310 e. The standard InChI is InChI=1S/C24H24N2O5/c1-14-8-18-17(12-30-21(18)9-15(14)2)11-24(29)31-13-23(28)26-16(3)10-22(27)25-19-6-4-5-7-20(19)26/h4-9,12,16H,10-11,13H2,1-3H3,(H,25,27). The topological polar surface area (TPSA) is 88.8 Å². The molecular formula is C24H24N2O5. The molecule has 2 aromatic carbocycles. The van der Waals surface area contributed by atoms with Gasteiger partial charge in [-0.15, -0.1) is 0 Å². The number of anilines is 2. The lowest BCUT2D eigenvalue weighted by Gasteiger charge is -2.27. The number of benzene rings is 2. The van der Waals surface area contributed by atoms with Crippen molar-refractivity contribution in [2.24, 2.45) is 0 Å². The van der Waals surface area contributed by atoms with E-state index in [2.05, 4.69) is 5.32 Å². The van der Waals surface area contributed by atoms with Gasteiger partial charge in [0, 0.05) is 23.4 Å². The number of hydrogen-bond acceptors (Lipinski definition) is 5. The summed E-state index contributed by atoms with van der Waals surface area (Å²) in [6.45, 7) is 5.40. The summed E-state index contributed by atoms with van der Waals surface area (Å²) in [6, 6.07) is 10.7. The Bertz CT molecular complexity index is 1180.